The first-order valence-electron chi connectivity index (χ1n) is 8.77. The molecule has 0 spiro atoms. The molecule has 26 heavy (non-hydrogen) atoms. The third-order valence-corrected chi connectivity index (χ3v) is 5.82. The van der Waals surface area contributed by atoms with Crippen LogP contribution in [0.15, 0.2) is 29.6 Å². The van der Waals surface area contributed by atoms with Crippen LogP contribution < -0.4 is 9.47 Å². The van der Waals surface area contributed by atoms with Crippen molar-refractivity contribution < 1.29 is 14.3 Å². The fourth-order valence-electron chi connectivity index (χ4n) is 3.48. The smallest absolute Gasteiger partial charge is 0.223 e. The zero-order valence-electron chi connectivity index (χ0n) is 15.8. The van der Waals surface area contributed by atoms with Crippen molar-refractivity contribution in [3.63, 3.8) is 0 Å². The zero-order valence-corrected chi connectivity index (χ0v) is 16.6. The number of hydrogen-bond acceptors (Lipinski definition) is 5. The number of methoxy groups -OCH3 is 2. The Kier molecular flexibility index (Phi) is 5.84. The molecule has 2 aromatic rings. The van der Waals surface area contributed by atoms with Gasteiger partial charge in [-0.1, -0.05) is 6.07 Å². The summed E-state index contributed by atoms with van der Waals surface area (Å²) in [4.78, 5) is 17.4. The van der Waals surface area contributed by atoms with Gasteiger partial charge in [-0.25, -0.2) is 0 Å². The standard InChI is InChI=1S/C20H26N2O3S/c1-21(2)19(23)8-10-22-9-7-14-12-16(24-3)17(25-4)13-15(14)20(22)18-6-5-11-26-18/h5-6,11-13,20H,7-10H2,1-4H3. The summed E-state index contributed by atoms with van der Waals surface area (Å²) in [6.45, 7) is 1.67. The van der Waals surface area contributed by atoms with Crippen molar-refractivity contribution >= 4 is 17.2 Å². The van der Waals surface area contributed by atoms with Crippen LogP contribution in [0.3, 0.4) is 0 Å². The van der Waals surface area contributed by atoms with Gasteiger partial charge in [0.15, 0.2) is 11.5 Å². The molecule has 0 saturated carbocycles. The van der Waals surface area contributed by atoms with Crippen LogP contribution in [0.2, 0.25) is 0 Å². The first kappa shape index (κ1) is 18.7. The number of carbonyl (C=O) groups excluding carboxylic acids is 1. The van der Waals surface area contributed by atoms with Crippen LogP contribution in [0.4, 0.5) is 0 Å². The predicted molar refractivity (Wildman–Crippen MR) is 104 cm³/mol. The number of rotatable bonds is 6. The molecule has 1 unspecified atom stereocenters. The number of fused-ring (bicyclic) bond motifs is 1. The van der Waals surface area contributed by atoms with E-state index in [1.54, 1.807) is 30.5 Å². The number of benzene rings is 1. The number of hydrogen-bond donors (Lipinski definition) is 0. The Labute approximate surface area is 159 Å². The average Bonchev–Trinajstić information content (AvgIpc) is 3.18. The Morgan fingerprint density at radius 2 is 2.00 bits per heavy atom. The van der Waals surface area contributed by atoms with Crippen molar-refractivity contribution in [3.8, 4) is 11.5 Å². The second kappa shape index (κ2) is 8.10. The number of thiophene rings is 1. The molecule has 140 valence electrons. The summed E-state index contributed by atoms with van der Waals surface area (Å²) in [7, 11) is 6.95. The molecule has 0 bridgehead atoms. The molecule has 1 aromatic carbocycles. The molecule has 6 heteroatoms. The Hall–Kier alpha value is -2.05. The van der Waals surface area contributed by atoms with E-state index in [2.05, 4.69) is 34.5 Å². The van der Waals surface area contributed by atoms with E-state index < -0.39 is 0 Å². The van der Waals surface area contributed by atoms with Crippen molar-refractivity contribution in [1.82, 2.24) is 9.80 Å². The molecule has 1 amide bonds. The third-order valence-electron chi connectivity index (χ3n) is 4.90. The predicted octanol–water partition coefficient (Wildman–Crippen LogP) is 3.19. The van der Waals surface area contributed by atoms with Crippen LogP contribution in [0, 0.1) is 0 Å². The minimum atomic E-state index is 0.147. The lowest BCUT2D eigenvalue weighted by molar-refractivity contribution is -0.129. The van der Waals surface area contributed by atoms with Gasteiger partial charge in [-0.2, -0.15) is 0 Å². The molecule has 3 rings (SSSR count). The minimum absolute atomic E-state index is 0.147. The van der Waals surface area contributed by atoms with Gasteiger partial charge in [-0.15, -0.1) is 11.3 Å². The summed E-state index contributed by atoms with van der Waals surface area (Å²) in [6.07, 6.45) is 1.46. The van der Waals surface area contributed by atoms with Gasteiger partial charge in [0.25, 0.3) is 0 Å². The fourth-order valence-corrected chi connectivity index (χ4v) is 4.36. The Bertz CT molecular complexity index is 759. The van der Waals surface area contributed by atoms with Crippen molar-refractivity contribution in [3.05, 3.63) is 45.6 Å². The summed E-state index contributed by atoms with van der Waals surface area (Å²) in [5.74, 6) is 1.68. The van der Waals surface area contributed by atoms with E-state index in [1.807, 2.05) is 14.1 Å². The van der Waals surface area contributed by atoms with Crippen molar-refractivity contribution in [2.24, 2.45) is 0 Å². The maximum Gasteiger partial charge on any atom is 0.223 e. The van der Waals surface area contributed by atoms with E-state index in [0.717, 1.165) is 31.0 Å². The molecule has 1 aliphatic rings. The molecule has 1 aromatic heterocycles. The quantitative estimate of drug-likeness (QED) is 0.779. The summed E-state index contributed by atoms with van der Waals surface area (Å²) < 4.78 is 11.0. The van der Waals surface area contributed by atoms with E-state index >= 15 is 0 Å². The highest BCUT2D eigenvalue weighted by Gasteiger charge is 2.31. The molecule has 0 saturated heterocycles. The lowest BCUT2D eigenvalue weighted by Crippen LogP contribution is -2.38. The Morgan fingerprint density at radius 3 is 2.62 bits per heavy atom. The molecule has 0 aliphatic carbocycles. The van der Waals surface area contributed by atoms with E-state index in [0.29, 0.717) is 6.42 Å². The number of nitrogens with zero attached hydrogens (tertiary/aromatic N) is 2. The fraction of sp³-hybridized carbons (Fsp3) is 0.450. The van der Waals surface area contributed by atoms with Crippen LogP contribution in [0.5, 0.6) is 11.5 Å². The lowest BCUT2D eigenvalue weighted by Gasteiger charge is -2.37. The van der Waals surface area contributed by atoms with E-state index in [1.165, 1.54) is 16.0 Å². The molecule has 5 nitrogen and oxygen atoms in total. The Morgan fingerprint density at radius 1 is 1.27 bits per heavy atom. The van der Waals surface area contributed by atoms with Crippen LogP contribution >= 0.6 is 11.3 Å². The first-order chi connectivity index (χ1) is 12.5. The monoisotopic (exact) mass is 374 g/mol. The molecule has 2 heterocycles. The topological polar surface area (TPSA) is 42.0 Å². The number of amides is 1. The second-order valence-corrected chi connectivity index (χ2v) is 7.63. The van der Waals surface area contributed by atoms with Gasteiger partial charge in [-0.3, -0.25) is 9.69 Å². The molecular formula is C20H26N2O3S. The molecule has 0 radical (unpaired) electrons. The summed E-state index contributed by atoms with van der Waals surface area (Å²) in [5, 5.41) is 2.10. The van der Waals surface area contributed by atoms with Crippen molar-refractivity contribution in [1.29, 1.82) is 0 Å². The van der Waals surface area contributed by atoms with E-state index in [9.17, 15) is 4.79 Å². The van der Waals surface area contributed by atoms with Crippen molar-refractivity contribution in [2.45, 2.75) is 18.9 Å². The van der Waals surface area contributed by atoms with Gasteiger partial charge in [0.1, 0.15) is 0 Å². The number of carbonyl (C=O) groups is 1. The van der Waals surface area contributed by atoms with Gasteiger partial charge >= 0.3 is 0 Å². The third kappa shape index (κ3) is 3.71. The molecule has 1 atom stereocenters. The van der Waals surface area contributed by atoms with Crippen LogP contribution in [0.1, 0.15) is 28.5 Å². The largest absolute Gasteiger partial charge is 0.493 e. The average molecular weight is 375 g/mol. The summed E-state index contributed by atoms with van der Waals surface area (Å²) in [6, 6.07) is 8.59. The van der Waals surface area contributed by atoms with Crippen LogP contribution in [-0.2, 0) is 11.2 Å². The van der Waals surface area contributed by atoms with Gasteiger partial charge in [-0.05, 0) is 41.1 Å². The van der Waals surface area contributed by atoms with Crippen LogP contribution in [0.25, 0.3) is 0 Å². The minimum Gasteiger partial charge on any atom is -0.493 e. The highest BCUT2D eigenvalue weighted by molar-refractivity contribution is 7.10. The van der Waals surface area contributed by atoms with Crippen LogP contribution in [-0.4, -0.2) is 57.1 Å². The van der Waals surface area contributed by atoms with Gasteiger partial charge in [0.2, 0.25) is 5.91 Å². The highest BCUT2D eigenvalue weighted by atomic mass is 32.1. The maximum atomic E-state index is 12.1. The van der Waals surface area contributed by atoms with Gasteiger partial charge in [0.05, 0.1) is 20.3 Å². The molecule has 0 N–H and O–H groups in total. The Balaban J connectivity index is 1.96. The normalized spacial score (nSPS) is 16.8. The van der Waals surface area contributed by atoms with E-state index in [4.69, 9.17) is 9.47 Å². The van der Waals surface area contributed by atoms with Gasteiger partial charge in [0, 0.05) is 38.5 Å². The lowest BCUT2D eigenvalue weighted by atomic mass is 9.90. The summed E-state index contributed by atoms with van der Waals surface area (Å²) >= 11 is 1.75. The maximum absolute atomic E-state index is 12.1. The molecule has 1 aliphatic heterocycles. The highest BCUT2D eigenvalue weighted by Crippen LogP contribution is 2.42. The van der Waals surface area contributed by atoms with Crippen molar-refractivity contribution in [2.75, 3.05) is 41.4 Å². The zero-order chi connectivity index (χ0) is 18.7. The first-order valence-corrected chi connectivity index (χ1v) is 9.65. The summed E-state index contributed by atoms with van der Waals surface area (Å²) in [5.41, 5.74) is 2.53. The molecule has 0 fully saturated rings. The SMILES string of the molecule is COc1cc2c(cc1OC)C(c1cccs1)N(CCC(=O)N(C)C)CC2. The molecular weight excluding hydrogens is 348 g/mol. The number of ether oxygens (including phenoxy) is 2. The van der Waals surface area contributed by atoms with E-state index in [-0.39, 0.29) is 11.9 Å². The second-order valence-electron chi connectivity index (χ2n) is 6.65. The van der Waals surface area contributed by atoms with Gasteiger partial charge < -0.3 is 14.4 Å².